The van der Waals surface area contributed by atoms with Crippen molar-refractivity contribution in [3.8, 4) is 5.75 Å². The smallest absolute Gasteiger partial charge is 0.259 e. The number of nitrogens with zero attached hydrogens (tertiary/aromatic N) is 2. The lowest BCUT2D eigenvalue weighted by Crippen LogP contribution is -2.10. The number of aromatic amines is 2. The number of hydrogen-bond donors (Lipinski definition) is 2. The molecule has 4 aromatic rings. The summed E-state index contributed by atoms with van der Waals surface area (Å²) < 4.78 is 5.52. The predicted octanol–water partition coefficient (Wildman–Crippen LogP) is 4.17. The molecule has 0 bridgehead atoms. The molecule has 3 aromatic heterocycles. The highest BCUT2D eigenvalue weighted by molar-refractivity contribution is 7.98. The average molecular weight is 387 g/mol. The van der Waals surface area contributed by atoms with Crippen LogP contribution >= 0.6 is 23.1 Å². The molecule has 0 spiro atoms. The lowest BCUT2D eigenvalue weighted by atomic mass is 10.2. The quantitative estimate of drug-likeness (QED) is 0.503. The Labute approximate surface area is 158 Å². The predicted molar refractivity (Wildman–Crippen MR) is 107 cm³/mol. The number of H-pyrrole nitrogens is 2. The van der Waals surface area contributed by atoms with Crippen molar-refractivity contribution in [1.29, 1.82) is 0 Å². The standard InChI is InChI=1S/C18H18N4O2S2/c1-4-24-11-5-6-12-13(7-11)20-18(19-12)25-8-14-21-16(23)15-9(2)10(3)26-17(15)22-14/h5-7H,4,8H2,1-3H3,(H,19,20)(H,21,22,23). The number of aromatic nitrogens is 4. The van der Waals surface area contributed by atoms with Crippen molar-refractivity contribution in [3.05, 3.63) is 44.8 Å². The second kappa shape index (κ2) is 6.77. The van der Waals surface area contributed by atoms with Crippen LogP contribution in [0.15, 0.2) is 28.2 Å². The van der Waals surface area contributed by atoms with Gasteiger partial charge in [-0.15, -0.1) is 11.3 Å². The number of thiophene rings is 1. The van der Waals surface area contributed by atoms with E-state index in [4.69, 9.17) is 4.74 Å². The zero-order valence-electron chi connectivity index (χ0n) is 14.7. The van der Waals surface area contributed by atoms with E-state index in [1.165, 1.54) is 11.8 Å². The van der Waals surface area contributed by atoms with Crippen molar-refractivity contribution < 1.29 is 4.74 Å². The van der Waals surface area contributed by atoms with Gasteiger partial charge < -0.3 is 14.7 Å². The maximum atomic E-state index is 12.3. The fraction of sp³-hybridized carbons (Fsp3) is 0.278. The highest BCUT2D eigenvalue weighted by Gasteiger charge is 2.12. The van der Waals surface area contributed by atoms with Gasteiger partial charge in [0.2, 0.25) is 0 Å². The van der Waals surface area contributed by atoms with Gasteiger partial charge in [0.15, 0.2) is 5.16 Å². The highest BCUT2D eigenvalue weighted by atomic mass is 32.2. The molecule has 1 aromatic carbocycles. The van der Waals surface area contributed by atoms with Gasteiger partial charge in [0.25, 0.3) is 5.56 Å². The van der Waals surface area contributed by atoms with Gasteiger partial charge in [-0.2, -0.15) is 0 Å². The van der Waals surface area contributed by atoms with E-state index in [9.17, 15) is 4.79 Å². The normalized spacial score (nSPS) is 11.5. The lowest BCUT2D eigenvalue weighted by molar-refractivity contribution is 0.340. The van der Waals surface area contributed by atoms with E-state index in [1.54, 1.807) is 11.3 Å². The summed E-state index contributed by atoms with van der Waals surface area (Å²) in [7, 11) is 0. The molecule has 0 atom stereocenters. The van der Waals surface area contributed by atoms with E-state index in [1.807, 2.05) is 39.0 Å². The summed E-state index contributed by atoms with van der Waals surface area (Å²) in [6, 6.07) is 5.79. The highest BCUT2D eigenvalue weighted by Crippen LogP contribution is 2.28. The molecule has 6 nitrogen and oxygen atoms in total. The number of ether oxygens (including phenoxy) is 1. The molecule has 26 heavy (non-hydrogen) atoms. The maximum absolute atomic E-state index is 12.3. The second-order valence-electron chi connectivity index (χ2n) is 5.92. The third kappa shape index (κ3) is 3.10. The van der Waals surface area contributed by atoms with Crippen molar-refractivity contribution in [2.45, 2.75) is 31.7 Å². The third-order valence-electron chi connectivity index (χ3n) is 4.18. The van der Waals surface area contributed by atoms with Gasteiger partial charge in [-0.25, -0.2) is 9.97 Å². The largest absolute Gasteiger partial charge is 0.494 e. The third-order valence-corrected chi connectivity index (χ3v) is 6.16. The molecule has 0 radical (unpaired) electrons. The number of fused-ring (bicyclic) bond motifs is 2. The van der Waals surface area contributed by atoms with Crippen molar-refractivity contribution in [1.82, 2.24) is 19.9 Å². The molecule has 4 rings (SSSR count). The van der Waals surface area contributed by atoms with Crippen LogP contribution in [-0.4, -0.2) is 26.5 Å². The van der Waals surface area contributed by atoms with E-state index in [0.29, 0.717) is 23.6 Å². The molecule has 0 aliphatic rings. The Morgan fingerprint density at radius 3 is 2.88 bits per heavy atom. The van der Waals surface area contributed by atoms with Crippen molar-refractivity contribution in [2.24, 2.45) is 0 Å². The van der Waals surface area contributed by atoms with Crippen LogP contribution in [0.25, 0.3) is 21.3 Å². The van der Waals surface area contributed by atoms with Gasteiger partial charge in [0.05, 0.1) is 28.8 Å². The van der Waals surface area contributed by atoms with E-state index in [2.05, 4.69) is 19.9 Å². The molecule has 3 heterocycles. The number of benzene rings is 1. The molecule has 0 unspecified atom stereocenters. The van der Waals surface area contributed by atoms with Gasteiger partial charge in [-0.1, -0.05) is 11.8 Å². The minimum atomic E-state index is -0.0709. The minimum Gasteiger partial charge on any atom is -0.494 e. The SMILES string of the molecule is CCOc1ccc2nc(SCc3nc4sc(C)c(C)c4c(=O)[nH]3)[nH]c2c1. The van der Waals surface area contributed by atoms with Crippen LogP contribution in [0.3, 0.4) is 0 Å². The summed E-state index contributed by atoms with van der Waals surface area (Å²) in [5.41, 5.74) is 2.76. The van der Waals surface area contributed by atoms with Crippen molar-refractivity contribution in [2.75, 3.05) is 6.61 Å². The van der Waals surface area contributed by atoms with Gasteiger partial charge in [0, 0.05) is 10.9 Å². The Hall–Kier alpha value is -2.32. The summed E-state index contributed by atoms with van der Waals surface area (Å²) in [5.74, 6) is 2.02. The van der Waals surface area contributed by atoms with Gasteiger partial charge in [-0.3, -0.25) is 4.79 Å². The van der Waals surface area contributed by atoms with Crippen molar-refractivity contribution >= 4 is 44.3 Å². The topological polar surface area (TPSA) is 83.7 Å². The Morgan fingerprint density at radius 1 is 1.23 bits per heavy atom. The molecular weight excluding hydrogens is 368 g/mol. The van der Waals surface area contributed by atoms with Gasteiger partial charge in [0.1, 0.15) is 16.4 Å². The van der Waals surface area contributed by atoms with Gasteiger partial charge in [-0.05, 0) is 38.5 Å². The maximum Gasteiger partial charge on any atom is 0.259 e. The molecule has 2 N–H and O–H groups in total. The Kier molecular flexibility index (Phi) is 4.46. The van der Waals surface area contributed by atoms with Crippen LogP contribution in [0.5, 0.6) is 5.75 Å². The Bertz CT molecular complexity index is 1160. The van der Waals surface area contributed by atoms with E-state index >= 15 is 0 Å². The first-order chi connectivity index (χ1) is 12.5. The zero-order valence-corrected chi connectivity index (χ0v) is 16.3. The summed E-state index contributed by atoms with van der Waals surface area (Å²) in [4.78, 5) is 29.6. The summed E-state index contributed by atoms with van der Waals surface area (Å²) in [6.45, 7) is 6.56. The summed E-state index contributed by atoms with van der Waals surface area (Å²) in [6.07, 6.45) is 0. The van der Waals surface area contributed by atoms with Crippen LogP contribution in [-0.2, 0) is 5.75 Å². The first-order valence-electron chi connectivity index (χ1n) is 8.29. The van der Waals surface area contributed by atoms with Crippen LogP contribution in [0.1, 0.15) is 23.2 Å². The molecular formula is C18H18N4O2S2. The number of thioether (sulfide) groups is 1. The fourth-order valence-electron chi connectivity index (χ4n) is 2.79. The molecule has 0 amide bonds. The Balaban J connectivity index is 1.58. The monoisotopic (exact) mass is 386 g/mol. The van der Waals surface area contributed by atoms with E-state index < -0.39 is 0 Å². The molecule has 0 fully saturated rings. The van der Waals surface area contributed by atoms with Crippen LogP contribution < -0.4 is 10.3 Å². The van der Waals surface area contributed by atoms with Crippen LogP contribution in [0.2, 0.25) is 0 Å². The zero-order chi connectivity index (χ0) is 18.3. The summed E-state index contributed by atoms with van der Waals surface area (Å²) in [5, 5.41) is 1.49. The minimum absolute atomic E-state index is 0.0709. The first-order valence-corrected chi connectivity index (χ1v) is 10.1. The number of aryl methyl sites for hydroxylation is 2. The number of rotatable bonds is 5. The summed E-state index contributed by atoms with van der Waals surface area (Å²) >= 11 is 3.07. The second-order valence-corrected chi connectivity index (χ2v) is 8.09. The van der Waals surface area contributed by atoms with Crippen molar-refractivity contribution in [3.63, 3.8) is 0 Å². The fourth-order valence-corrected chi connectivity index (χ4v) is 4.60. The molecule has 0 saturated heterocycles. The molecule has 134 valence electrons. The molecule has 0 aliphatic carbocycles. The number of imidazole rings is 1. The first kappa shape index (κ1) is 17.1. The Morgan fingerprint density at radius 2 is 2.08 bits per heavy atom. The van der Waals surface area contributed by atoms with Gasteiger partial charge >= 0.3 is 0 Å². The lowest BCUT2D eigenvalue weighted by Gasteiger charge is -2.00. The molecule has 8 heteroatoms. The van der Waals surface area contributed by atoms with Crippen LogP contribution in [0.4, 0.5) is 0 Å². The van der Waals surface area contributed by atoms with E-state index in [0.717, 1.165) is 37.2 Å². The van der Waals surface area contributed by atoms with Crippen LogP contribution in [0, 0.1) is 13.8 Å². The molecule has 0 saturated carbocycles. The number of hydrogen-bond acceptors (Lipinski definition) is 6. The van der Waals surface area contributed by atoms with E-state index in [-0.39, 0.29) is 5.56 Å². The number of nitrogens with one attached hydrogen (secondary N) is 2. The average Bonchev–Trinajstić information content (AvgIpc) is 3.14. The molecule has 0 aliphatic heterocycles.